The normalized spacial score (nSPS) is 10.8. The second-order valence-electron chi connectivity index (χ2n) is 6.03. The van der Waals surface area contributed by atoms with Crippen molar-refractivity contribution >= 4 is 22.8 Å². The number of carbonyl (C=O) groups is 1. The summed E-state index contributed by atoms with van der Waals surface area (Å²) in [7, 11) is 1.41. The number of rotatable bonds is 5. The number of pyridine rings is 2. The first kappa shape index (κ1) is 17.6. The fraction of sp³-hybridized carbons (Fsp3) is 0.100. The third kappa shape index (κ3) is 3.39. The minimum absolute atomic E-state index is 0.0178. The van der Waals surface area contributed by atoms with Crippen LogP contribution < -0.4 is 10.1 Å². The lowest BCUT2D eigenvalue weighted by Gasteiger charge is -2.11. The fourth-order valence-electron chi connectivity index (χ4n) is 2.84. The molecular formula is C20H16FN5O2. The first-order valence-corrected chi connectivity index (χ1v) is 8.50. The summed E-state index contributed by atoms with van der Waals surface area (Å²) in [4.78, 5) is 25.5. The van der Waals surface area contributed by atoms with Gasteiger partial charge in [-0.3, -0.25) is 9.78 Å². The van der Waals surface area contributed by atoms with Crippen molar-refractivity contribution in [3.05, 3.63) is 78.3 Å². The van der Waals surface area contributed by atoms with Crippen molar-refractivity contribution in [3.8, 4) is 5.75 Å². The maximum absolute atomic E-state index is 14.0. The topological polar surface area (TPSA) is 81.9 Å². The average Bonchev–Trinajstić information content (AvgIpc) is 3.12. The summed E-state index contributed by atoms with van der Waals surface area (Å²) in [5.41, 5.74) is 2.31. The second-order valence-corrected chi connectivity index (χ2v) is 6.03. The number of nitrogens with zero attached hydrogens (tertiary/aromatic N) is 4. The molecule has 4 aromatic rings. The van der Waals surface area contributed by atoms with Gasteiger partial charge in [-0.15, -0.1) is 0 Å². The van der Waals surface area contributed by atoms with Crippen molar-refractivity contribution in [1.29, 1.82) is 0 Å². The number of nitrogens with one attached hydrogen (secondary N) is 1. The zero-order chi connectivity index (χ0) is 19.5. The molecule has 0 unspecified atom stereocenters. The molecule has 0 atom stereocenters. The summed E-state index contributed by atoms with van der Waals surface area (Å²) in [6.45, 7) is 0.516. The zero-order valence-corrected chi connectivity index (χ0v) is 15.0. The molecule has 0 bridgehead atoms. The van der Waals surface area contributed by atoms with E-state index in [2.05, 4.69) is 20.3 Å². The van der Waals surface area contributed by atoms with Crippen molar-refractivity contribution in [2.45, 2.75) is 6.54 Å². The lowest BCUT2D eigenvalue weighted by atomic mass is 10.2. The number of imidazole rings is 1. The highest BCUT2D eigenvalue weighted by atomic mass is 19.1. The van der Waals surface area contributed by atoms with Gasteiger partial charge in [0.1, 0.15) is 17.0 Å². The second kappa shape index (κ2) is 7.43. The molecule has 1 aromatic carbocycles. The summed E-state index contributed by atoms with van der Waals surface area (Å²) in [5, 5.41) is 2.53. The number of aromatic nitrogens is 4. The molecule has 0 fully saturated rings. The van der Waals surface area contributed by atoms with Gasteiger partial charge in [0.15, 0.2) is 11.5 Å². The molecule has 1 amide bonds. The molecule has 0 radical (unpaired) electrons. The minimum atomic E-state index is -0.582. The number of ether oxygens (including phenoxy) is 1. The number of benzene rings is 1. The third-order valence-electron chi connectivity index (χ3n) is 4.21. The van der Waals surface area contributed by atoms with Gasteiger partial charge in [0.2, 0.25) is 0 Å². The first-order chi connectivity index (χ1) is 13.7. The van der Waals surface area contributed by atoms with Crippen LogP contribution in [0.1, 0.15) is 16.1 Å². The third-order valence-corrected chi connectivity index (χ3v) is 4.21. The molecule has 0 aliphatic carbocycles. The van der Waals surface area contributed by atoms with Crippen LogP contribution in [-0.4, -0.2) is 32.5 Å². The van der Waals surface area contributed by atoms with Crippen LogP contribution in [0.4, 0.5) is 10.1 Å². The minimum Gasteiger partial charge on any atom is -0.494 e. The van der Waals surface area contributed by atoms with Gasteiger partial charge in [-0.25, -0.2) is 14.4 Å². The highest BCUT2D eigenvalue weighted by molar-refractivity contribution is 6.06. The molecule has 3 aromatic heterocycles. The van der Waals surface area contributed by atoms with E-state index in [1.807, 2.05) is 22.8 Å². The Morgan fingerprint density at radius 1 is 1.18 bits per heavy atom. The van der Waals surface area contributed by atoms with Crippen molar-refractivity contribution in [1.82, 2.24) is 19.5 Å². The quantitative estimate of drug-likeness (QED) is 0.577. The Morgan fingerprint density at radius 2 is 2.07 bits per heavy atom. The van der Waals surface area contributed by atoms with E-state index in [4.69, 9.17) is 4.74 Å². The van der Waals surface area contributed by atoms with E-state index in [1.54, 1.807) is 24.7 Å². The number of para-hydroxylation sites is 1. The molecule has 140 valence electrons. The Labute approximate surface area is 159 Å². The van der Waals surface area contributed by atoms with E-state index in [1.165, 1.54) is 25.4 Å². The molecule has 8 heteroatoms. The Kier molecular flexibility index (Phi) is 4.67. The zero-order valence-electron chi connectivity index (χ0n) is 15.0. The predicted octanol–water partition coefficient (Wildman–Crippen LogP) is 3.27. The van der Waals surface area contributed by atoms with Gasteiger partial charge in [0, 0.05) is 12.4 Å². The molecule has 28 heavy (non-hydrogen) atoms. The number of hydrogen-bond acceptors (Lipinski definition) is 5. The standard InChI is InChI=1S/C20H16FN5O2/c1-28-17-7-4-6-15(21)18(17)25-20(27)13-9-16-19(23-10-13)26(12-24-16)11-14-5-2-3-8-22-14/h2-10,12H,11H2,1H3,(H,25,27). The van der Waals surface area contributed by atoms with Crippen LogP contribution in [0, 0.1) is 5.82 Å². The molecular weight excluding hydrogens is 361 g/mol. The van der Waals surface area contributed by atoms with Gasteiger partial charge < -0.3 is 14.6 Å². The number of hydrogen-bond donors (Lipinski definition) is 1. The van der Waals surface area contributed by atoms with E-state index in [9.17, 15) is 9.18 Å². The molecule has 7 nitrogen and oxygen atoms in total. The maximum Gasteiger partial charge on any atom is 0.257 e. The summed E-state index contributed by atoms with van der Waals surface area (Å²) in [6.07, 6.45) is 4.80. The Balaban J connectivity index is 1.59. The van der Waals surface area contributed by atoms with Crippen LogP contribution >= 0.6 is 0 Å². The van der Waals surface area contributed by atoms with Crippen molar-refractivity contribution in [3.63, 3.8) is 0 Å². The SMILES string of the molecule is COc1cccc(F)c1NC(=O)c1cnc2c(c1)ncn2Cc1ccccn1. The molecule has 1 N–H and O–H groups in total. The smallest absolute Gasteiger partial charge is 0.257 e. The van der Waals surface area contributed by atoms with Gasteiger partial charge in [-0.1, -0.05) is 12.1 Å². The summed E-state index contributed by atoms with van der Waals surface area (Å²) >= 11 is 0. The first-order valence-electron chi connectivity index (χ1n) is 8.50. The van der Waals surface area contributed by atoms with Gasteiger partial charge in [-0.2, -0.15) is 0 Å². The molecule has 4 rings (SSSR count). The summed E-state index contributed by atoms with van der Waals surface area (Å²) in [6, 6.07) is 11.6. The Bertz CT molecular complexity index is 1140. The Hall–Kier alpha value is -3.81. The average molecular weight is 377 g/mol. The fourth-order valence-corrected chi connectivity index (χ4v) is 2.84. The van der Waals surface area contributed by atoms with Crippen molar-refractivity contribution < 1.29 is 13.9 Å². The van der Waals surface area contributed by atoms with Crippen LogP contribution in [-0.2, 0) is 6.54 Å². The van der Waals surface area contributed by atoms with Crippen LogP contribution in [0.2, 0.25) is 0 Å². The van der Waals surface area contributed by atoms with Gasteiger partial charge in [0.05, 0.1) is 31.2 Å². The van der Waals surface area contributed by atoms with Gasteiger partial charge in [0.25, 0.3) is 5.91 Å². The molecule has 0 saturated heterocycles. The molecule has 0 aliphatic heterocycles. The largest absolute Gasteiger partial charge is 0.494 e. The van der Waals surface area contributed by atoms with Gasteiger partial charge in [-0.05, 0) is 30.3 Å². The van der Waals surface area contributed by atoms with Crippen LogP contribution in [0.25, 0.3) is 11.2 Å². The molecule has 0 aliphatic rings. The van der Waals surface area contributed by atoms with Crippen molar-refractivity contribution in [2.24, 2.45) is 0 Å². The maximum atomic E-state index is 14.0. The van der Waals surface area contributed by atoms with E-state index < -0.39 is 11.7 Å². The summed E-state index contributed by atoms with van der Waals surface area (Å²) in [5.74, 6) is -0.847. The van der Waals surface area contributed by atoms with Crippen LogP contribution in [0.15, 0.2) is 61.2 Å². The van der Waals surface area contributed by atoms with E-state index in [0.717, 1.165) is 5.69 Å². The van der Waals surface area contributed by atoms with Gasteiger partial charge >= 0.3 is 0 Å². The lowest BCUT2D eigenvalue weighted by Crippen LogP contribution is -2.14. The molecule has 0 saturated carbocycles. The van der Waals surface area contributed by atoms with E-state index in [0.29, 0.717) is 17.7 Å². The highest BCUT2D eigenvalue weighted by Gasteiger charge is 2.16. The molecule has 3 heterocycles. The van der Waals surface area contributed by atoms with Crippen molar-refractivity contribution in [2.75, 3.05) is 12.4 Å². The molecule has 0 spiro atoms. The number of carbonyl (C=O) groups excluding carboxylic acids is 1. The van der Waals surface area contributed by atoms with Crippen LogP contribution in [0.5, 0.6) is 5.75 Å². The monoisotopic (exact) mass is 377 g/mol. The van der Waals surface area contributed by atoms with E-state index >= 15 is 0 Å². The lowest BCUT2D eigenvalue weighted by molar-refractivity contribution is 0.102. The number of anilines is 1. The predicted molar refractivity (Wildman–Crippen MR) is 102 cm³/mol. The highest BCUT2D eigenvalue weighted by Crippen LogP contribution is 2.27. The number of fused-ring (bicyclic) bond motifs is 1. The number of amides is 1. The number of halogens is 1. The van der Waals surface area contributed by atoms with Crippen LogP contribution in [0.3, 0.4) is 0 Å². The number of methoxy groups -OCH3 is 1. The van der Waals surface area contributed by atoms with E-state index in [-0.39, 0.29) is 17.0 Å². The Morgan fingerprint density at radius 3 is 2.86 bits per heavy atom. The summed E-state index contributed by atoms with van der Waals surface area (Å²) < 4.78 is 21.0.